The fourth-order valence-electron chi connectivity index (χ4n) is 4.03. The van der Waals surface area contributed by atoms with Gasteiger partial charge in [-0.3, -0.25) is 14.6 Å². The number of carbonyl (C=O) groups is 1. The average Bonchev–Trinajstić information content (AvgIpc) is 2.64. The molecule has 0 bridgehead atoms. The van der Waals surface area contributed by atoms with Gasteiger partial charge >= 0.3 is 0 Å². The van der Waals surface area contributed by atoms with Crippen LogP contribution in [0.4, 0.5) is 5.69 Å². The van der Waals surface area contributed by atoms with Crippen molar-refractivity contribution in [1.29, 1.82) is 0 Å². The first kappa shape index (κ1) is 22.2. The second kappa shape index (κ2) is 9.11. The normalized spacial score (nSPS) is 19.2. The van der Waals surface area contributed by atoms with Gasteiger partial charge in [0.15, 0.2) is 0 Å². The SMILES string of the molecule is CCc1cc(OC)c(NCC(=O)N2CCN(C3CN(C(C)(C)C)C3)CC2)cc1Cl. The van der Waals surface area contributed by atoms with E-state index >= 15 is 0 Å². The van der Waals surface area contributed by atoms with Gasteiger partial charge in [0.1, 0.15) is 5.75 Å². The molecule has 1 aromatic rings. The molecular formula is C22H35ClN4O2. The lowest BCUT2D eigenvalue weighted by Crippen LogP contribution is -2.67. The Hall–Kier alpha value is -1.50. The van der Waals surface area contributed by atoms with Crippen molar-refractivity contribution in [2.45, 2.75) is 45.7 Å². The van der Waals surface area contributed by atoms with Crippen molar-refractivity contribution in [3.05, 3.63) is 22.7 Å². The van der Waals surface area contributed by atoms with Crippen LogP contribution in [0.5, 0.6) is 5.75 Å². The molecule has 2 aliphatic heterocycles. The summed E-state index contributed by atoms with van der Waals surface area (Å²) in [5.74, 6) is 0.838. The molecule has 1 N–H and O–H groups in total. The molecule has 3 rings (SSSR count). The maximum Gasteiger partial charge on any atom is 0.241 e. The Kier molecular flexibility index (Phi) is 6.97. The summed E-state index contributed by atoms with van der Waals surface area (Å²) in [5.41, 5.74) is 2.05. The Labute approximate surface area is 180 Å². The number of ether oxygens (including phenoxy) is 1. The van der Waals surface area contributed by atoms with Gasteiger partial charge in [-0.2, -0.15) is 0 Å². The Bertz CT molecular complexity index is 720. The Morgan fingerprint density at radius 1 is 1.21 bits per heavy atom. The van der Waals surface area contributed by atoms with Gasteiger partial charge in [0.2, 0.25) is 5.91 Å². The van der Waals surface area contributed by atoms with Crippen LogP contribution in [-0.4, -0.2) is 85.1 Å². The van der Waals surface area contributed by atoms with E-state index in [1.54, 1.807) is 7.11 Å². The van der Waals surface area contributed by atoms with E-state index in [4.69, 9.17) is 16.3 Å². The fourth-order valence-corrected chi connectivity index (χ4v) is 4.32. The van der Waals surface area contributed by atoms with E-state index in [9.17, 15) is 4.79 Å². The van der Waals surface area contributed by atoms with Crippen LogP contribution in [0.1, 0.15) is 33.3 Å². The summed E-state index contributed by atoms with van der Waals surface area (Å²) in [7, 11) is 1.64. The molecule has 29 heavy (non-hydrogen) atoms. The van der Waals surface area contributed by atoms with E-state index < -0.39 is 0 Å². The molecule has 1 aromatic carbocycles. The maximum absolute atomic E-state index is 12.7. The van der Waals surface area contributed by atoms with Gasteiger partial charge in [-0.05, 0) is 44.9 Å². The second-order valence-electron chi connectivity index (χ2n) is 9.00. The third kappa shape index (κ3) is 5.16. The van der Waals surface area contributed by atoms with Crippen molar-refractivity contribution in [1.82, 2.24) is 14.7 Å². The largest absolute Gasteiger partial charge is 0.495 e. The quantitative estimate of drug-likeness (QED) is 0.763. The number of nitrogens with one attached hydrogen (secondary N) is 1. The van der Waals surface area contributed by atoms with E-state index in [2.05, 4.69) is 42.8 Å². The molecule has 2 heterocycles. The van der Waals surface area contributed by atoms with Gasteiger partial charge in [0.25, 0.3) is 0 Å². The minimum Gasteiger partial charge on any atom is -0.495 e. The molecule has 1 amide bonds. The minimum absolute atomic E-state index is 0.118. The number of halogens is 1. The summed E-state index contributed by atoms with van der Waals surface area (Å²) >= 11 is 6.33. The van der Waals surface area contributed by atoms with Crippen molar-refractivity contribution in [3.8, 4) is 5.75 Å². The van der Waals surface area contributed by atoms with Crippen molar-refractivity contribution in [3.63, 3.8) is 0 Å². The predicted octanol–water partition coefficient (Wildman–Crippen LogP) is 2.95. The highest BCUT2D eigenvalue weighted by molar-refractivity contribution is 6.31. The molecule has 2 fully saturated rings. The molecule has 0 spiro atoms. The average molecular weight is 423 g/mol. The van der Waals surface area contributed by atoms with Crippen molar-refractivity contribution in [2.75, 3.05) is 58.2 Å². The topological polar surface area (TPSA) is 48.1 Å². The van der Waals surface area contributed by atoms with Gasteiger partial charge in [-0.25, -0.2) is 0 Å². The number of nitrogens with zero attached hydrogens (tertiary/aromatic N) is 3. The van der Waals surface area contributed by atoms with Gasteiger partial charge in [-0.1, -0.05) is 18.5 Å². The molecule has 0 aromatic heterocycles. The van der Waals surface area contributed by atoms with Crippen molar-refractivity contribution in [2.24, 2.45) is 0 Å². The Morgan fingerprint density at radius 3 is 2.41 bits per heavy atom. The van der Waals surface area contributed by atoms with Crippen LogP contribution < -0.4 is 10.1 Å². The minimum atomic E-state index is 0.118. The van der Waals surface area contributed by atoms with Gasteiger partial charge in [0.05, 0.1) is 19.3 Å². The van der Waals surface area contributed by atoms with E-state index in [-0.39, 0.29) is 18.0 Å². The highest BCUT2D eigenvalue weighted by Gasteiger charge is 2.38. The summed E-state index contributed by atoms with van der Waals surface area (Å²) in [6.07, 6.45) is 0.840. The zero-order valence-corrected chi connectivity index (χ0v) is 19.2. The number of carbonyl (C=O) groups excluding carboxylic acids is 1. The predicted molar refractivity (Wildman–Crippen MR) is 119 cm³/mol. The number of aryl methyl sites for hydroxylation is 1. The van der Waals surface area contributed by atoms with Crippen molar-refractivity contribution >= 4 is 23.2 Å². The standard InChI is InChI=1S/C22H35ClN4O2/c1-6-16-11-20(29-5)19(12-18(16)23)24-13-21(28)26-9-7-25(8-10-26)17-14-27(15-17)22(2,3)4/h11-12,17,24H,6-10,13-15H2,1-5H3. The third-order valence-electron chi connectivity index (χ3n) is 6.17. The van der Waals surface area contributed by atoms with Crippen LogP contribution in [-0.2, 0) is 11.2 Å². The number of likely N-dealkylation sites (tertiary alicyclic amines) is 1. The van der Waals surface area contributed by atoms with E-state index in [1.807, 2.05) is 17.0 Å². The fraction of sp³-hybridized carbons (Fsp3) is 0.682. The monoisotopic (exact) mass is 422 g/mol. The molecule has 6 nitrogen and oxygen atoms in total. The van der Waals surface area contributed by atoms with E-state index in [0.29, 0.717) is 11.1 Å². The van der Waals surface area contributed by atoms with Crippen LogP contribution >= 0.6 is 11.6 Å². The van der Waals surface area contributed by atoms with E-state index in [1.165, 1.54) is 0 Å². The molecular weight excluding hydrogens is 388 g/mol. The number of rotatable bonds is 6. The molecule has 2 aliphatic rings. The number of benzene rings is 1. The smallest absolute Gasteiger partial charge is 0.241 e. The first-order valence-corrected chi connectivity index (χ1v) is 11.0. The lowest BCUT2D eigenvalue weighted by Gasteiger charge is -2.53. The lowest BCUT2D eigenvalue weighted by atomic mass is 9.96. The van der Waals surface area contributed by atoms with Crippen LogP contribution in [0.25, 0.3) is 0 Å². The van der Waals surface area contributed by atoms with Gasteiger partial charge < -0.3 is 15.0 Å². The molecule has 0 aliphatic carbocycles. The Morgan fingerprint density at radius 2 is 1.86 bits per heavy atom. The van der Waals surface area contributed by atoms with E-state index in [0.717, 1.165) is 62.7 Å². The zero-order valence-electron chi connectivity index (χ0n) is 18.4. The summed E-state index contributed by atoms with van der Waals surface area (Å²) in [5, 5.41) is 3.91. The molecule has 0 atom stereocenters. The number of methoxy groups -OCH3 is 1. The molecule has 7 heteroatoms. The first-order chi connectivity index (χ1) is 13.7. The molecule has 162 valence electrons. The molecule has 2 saturated heterocycles. The second-order valence-corrected chi connectivity index (χ2v) is 9.40. The van der Waals surface area contributed by atoms with Gasteiger partial charge in [-0.15, -0.1) is 0 Å². The van der Waals surface area contributed by atoms with Crippen LogP contribution in [0.2, 0.25) is 5.02 Å². The number of amides is 1. The highest BCUT2D eigenvalue weighted by Crippen LogP contribution is 2.31. The number of anilines is 1. The molecule has 0 radical (unpaired) electrons. The van der Waals surface area contributed by atoms with Crippen LogP contribution in [0.15, 0.2) is 12.1 Å². The molecule has 0 unspecified atom stereocenters. The van der Waals surface area contributed by atoms with Crippen LogP contribution in [0, 0.1) is 0 Å². The number of hydrogen-bond acceptors (Lipinski definition) is 5. The zero-order chi connectivity index (χ0) is 21.2. The molecule has 0 saturated carbocycles. The third-order valence-corrected chi connectivity index (χ3v) is 6.53. The van der Waals surface area contributed by atoms with Crippen molar-refractivity contribution < 1.29 is 9.53 Å². The first-order valence-electron chi connectivity index (χ1n) is 10.6. The summed E-state index contributed by atoms with van der Waals surface area (Å²) in [4.78, 5) is 19.7. The Balaban J connectivity index is 1.47. The highest BCUT2D eigenvalue weighted by atomic mass is 35.5. The van der Waals surface area contributed by atoms with Crippen LogP contribution in [0.3, 0.4) is 0 Å². The lowest BCUT2D eigenvalue weighted by molar-refractivity contribution is -0.132. The summed E-state index contributed by atoms with van der Waals surface area (Å²) in [6, 6.07) is 4.42. The number of piperazine rings is 1. The summed E-state index contributed by atoms with van der Waals surface area (Å²) in [6.45, 7) is 14.9. The maximum atomic E-state index is 12.7. The summed E-state index contributed by atoms with van der Waals surface area (Å²) < 4.78 is 5.46. The van der Waals surface area contributed by atoms with Gasteiger partial charge in [0, 0.05) is 55.9 Å². The number of hydrogen-bond donors (Lipinski definition) is 1.